The summed E-state index contributed by atoms with van der Waals surface area (Å²) in [6.07, 6.45) is 2.64. The van der Waals surface area contributed by atoms with Gasteiger partial charge in [-0.05, 0) is 6.92 Å². The van der Waals surface area contributed by atoms with Gasteiger partial charge >= 0.3 is 0 Å². The first-order chi connectivity index (χ1) is 6.94. The van der Waals surface area contributed by atoms with Crippen LogP contribution in [0, 0.1) is 0 Å². The van der Waals surface area contributed by atoms with Gasteiger partial charge in [0.15, 0.2) is 9.84 Å². The maximum absolute atomic E-state index is 11.2. The van der Waals surface area contributed by atoms with Gasteiger partial charge in [-0.25, -0.2) is 8.42 Å². The fourth-order valence-corrected chi connectivity index (χ4v) is 1.85. The van der Waals surface area contributed by atoms with E-state index in [-0.39, 0.29) is 11.5 Å². The average molecular weight is 232 g/mol. The molecule has 1 aromatic heterocycles. The molecule has 0 bridgehead atoms. The number of aromatic nitrogens is 2. The van der Waals surface area contributed by atoms with E-state index in [1.807, 2.05) is 0 Å². The molecule has 1 aromatic rings. The topological polar surface area (TPSA) is 72.2 Å². The summed E-state index contributed by atoms with van der Waals surface area (Å²) >= 11 is 0. The van der Waals surface area contributed by atoms with Crippen LogP contribution in [0.2, 0.25) is 0 Å². The Hall–Kier alpha value is -0.880. The Labute approximate surface area is 89.6 Å². The maximum atomic E-state index is 11.2. The summed E-state index contributed by atoms with van der Waals surface area (Å²) < 4.78 is 24.0. The van der Waals surface area contributed by atoms with E-state index in [0.29, 0.717) is 12.1 Å². The maximum Gasteiger partial charge on any atom is 0.151 e. The van der Waals surface area contributed by atoms with Crippen LogP contribution in [0.3, 0.4) is 0 Å². The zero-order valence-electron chi connectivity index (χ0n) is 8.92. The number of nitrogens with zero attached hydrogens (tertiary/aromatic N) is 2. The molecule has 1 heterocycles. The normalized spacial score (nSPS) is 14.1. The fraction of sp³-hybridized carbons (Fsp3) is 0.667. The van der Waals surface area contributed by atoms with Crippen LogP contribution in [0.4, 0.5) is 0 Å². The van der Waals surface area contributed by atoms with Crippen LogP contribution >= 0.6 is 0 Å². The summed E-state index contributed by atoms with van der Waals surface area (Å²) in [6, 6.07) is 0. The number of sulfone groups is 1. The third-order valence-corrected chi connectivity index (χ3v) is 3.89. The van der Waals surface area contributed by atoms with E-state index in [0.717, 1.165) is 0 Å². The molecular weight excluding hydrogens is 216 g/mol. The molecule has 0 saturated carbocycles. The Bertz CT molecular complexity index is 409. The van der Waals surface area contributed by atoms with E-state index in [2.05, 4.69) is 5.10 Å². The Morgan fingerprint density at radius 3 is 2.73 bits per heavy atom. The first-order valence-corrected chi connectivity index (χ1v) is 6.67. The molecule has 0 aliphatic carbocycles. The summed E-state index contributed by atoms with van der Waals surface area (Å²) in [6.45, 7) is 3.60. The number of hydrogen-bond acceptors (Lipinski definition) is 4. The summed E-state index contributed by atoms with van der Waals surface area (Å²) in [5.74, 6) is 0.238. The third kappa shape index (κ3) is 3.64. The van der Waals surface area contributed by atoms with Gasteiger partial charge in [0.2, 0.25) is 0 Å². The fourth-order valence-electron chi connectivity index (χ4n) is 1.09. The SMILES string of the molecule is CCS(=O)(=O)CCn1cc(C(C)O)cn1. The molecular formula is C9H16N2O3S. The average Bonchev–Trinajstić information content (AvgIpc) is 2.63. The zero-order valence-corrected chi connectivity index (χ0v) is 9.74. The van der Waals surface area contributed by atoms with E-state index in [4.69, 9.17) is 0 Å². The van der Waals surface area contributed by atoms with Crippen LogP contribution in [0.25, 0.3) is 0 Å². The molecule has 0 spiro atoms. The van der Waals surface area contributed by atoms with Crippen molar-refractivity contribution in [1.29, 1.82) is 0 Å². The third-order valence-electron chi connectivity index (χ3n) is 2.21. The Balaban J connectivity index is 2.59. The molecule has 0 aliphatic heterocycles. The standard InChI is InChI=1S/C9H16N2O3S/c1-3-15(13,14)5-4-11-7-9(6-10-11)8(2)12/h6-8,12H,3-5H2,1-2H3. The van der Waals surface area contributed by atoms with Crippen molar-refractivity contribution in [2.45, 2.75) is 26.5 Å². The predicted molar refractivity (Wildman–Crippen MR) is 57.2 cm³/mol. The van der Waals surface area contributed by atoms with Gasteiger partial charge in [0.25, 0.3) is 0 Å². The van der Waals surface area contributed by atoms with Crippen molar-refractivity contribution in [3.63, 3.8) is 0 Å². The molecule has 1 unspecified atom stereocenters. The Morgan fingerprint density at radius 1 is 1.60 bits per heavy atom. The second-order valence-corrected chi connectivity index (χ2v) is 5.92. The van der Waals surface area contributed by atoms with Gasteiger partial charge < -0.3 is 5.11 Å². The van der Waals surface area contributed by atoms with Gasteiger partial charge in [-0.2, -0.15) is 5.10 Å². The molecule has 6 heteroatoms. The number of aryl methyl sites for hydroxylation is 1. The van der Waals surface area contributed by atoms with Crippen LogP contribution in [-0.4, -0.2) is 34.8 Å². The summed E-state index contributed by atoms with van der Waals surface area (Å²) in [5, 5.41) is 13.2. The van der Waals surface area contributed by atoms with E-state index in [1.54, 1.807) is 26.2 Å². The minimum atomic E-state index is -2.95. The van der Waals surface area contributed by atoms with Gasteiger partial charge in [-0.15, -0.1) is 0 Å². The molecule has 86 valence electrons. The lowest BCUT2D eigenvalue weighted by Gasteiger charge is -2.01. The van der Waals surface area contributed by atoms with Crippen LogP contribution < -0.4 is 0 Å². The highest BCUT2D eigenvalue weighted by Crippen LogP contribution is 2.09. The highest BCUT2D eigenvalue weighted by atomic mass is 32.2. The Kier molecular flexibility index (Phi) is 3.87. The summed E-state index contributed by atoms with van der Waals surface area (Å²) in [4.78, 5) is 0. The molecule has 1 rings (SSSR count). The highest BCUT2D eigenvalue weighted by molar-refractivity contribution is 7.91. The largest absolute Gasteiger partial charge is 0.389 e. The minimum absolute atomic E-state index is 0.0877. The first-order valence-electron chi connectivity index (χ1n) is 4.85. The molecule has 0 radical (unpaired) electrons. The van der Waals surface area contributed by atoms with E-state index >= 15 is 0 Å². The van der Waals surface area contributed by atoms with Crippen molar-refractivity contribution in [2.75, 3.05) is 11.5 Å². The van der Waals surface area contributed by atoms with Crippen molar-refractivity contribution >= 4 is 9.84 Å². The smallest absolute Gasteiger partial charge is 0.151 e. The number of aliphatic hydroxyl groups excluding tert-OH is 1. The number of hydrogen-bond donors (Lipinski definition) is 1. The molecule has 15 heavy (non-hydrogen) atoms. The number of aliphatic hydroxyl groups is 1. The van der Waals surface area contributed by atoms with Crippen LogP contribution in [0.1, 0.15) is 25.5 Å². The van der Waals surface area contributed by atoms with Gasteiger partial charge in [-0.1, -0.05) is 6.92 Å². The monoisotopic (exact) mass is 232 g/mol. The molecule has 1 N–H and O–H groups in total. The van der Waals surface area contributed by atoms with Gasteiger partial charge in [0.1, 0.15) is 0 Å². The molecule has 0 aromatic carbocycles. The summed E-state index contributed by atoms with van der Waals surface area (Å²) in [7, 11) is -2.95. The molecule has 0 amide bonds. The molecule has 0 fully saturated rings. The van der Waals surface area contributed by atoms with Gasteiger partial charge in [-0.3, -0.25) is 4.68 Å². The summed E-state index contributed by atoms with van der Waals surface area (Å²) in [5.41, 5.74) is 0.698. The Morgan fingerprint density at radius 2 is 2.27 bits per heavy atom. The molecule has 1 atom stereocenters. The molecule has 0 saturated heterocycles. The van der Waals surface area contributed by atoms with Crippen molar-refractivity contribution < 1.29 is 13.5 Å². The van der Waals surface area contributed by atoms with Crippen LogP contribution in [0.15, 0.2) is 12.4 Å². The quantitative estimate of drug-likeness (QED) is 0.796. The zero-order chi connectivity index (χ0) is 11.5. The highest BCUT2D eigenvalue weighted by Gasteiger charge is 2.09. The first kappa shape index (κ1) is 12.2. The van der Waals surface area contributed by atoms with Crippen LogP contribution in [-0.2, 0) is 16.4 Å². The van der Waals surface area contributed by atoms with E-state index in [9.17, 15) is 13.5 Å². The molecule has 0 aliphatic rings. The minimum Gasteiger partial charge on any atom is -0.389 e. The second kappa shape index (κ2) is 4.76. The van der Waals surface area contributed by atoms with Gasteiger partial charge in [0.05, 0.1) is 24.6 Å². The van der Waals surface area contributed by atoms with Gasteiger partial charge in [0, 0.05) is 17.5 Å². The second-order valence-electron chi connectivity index (χ2n) is 3.45. The molecule has 5 nitrogen and oxygen atoms in total. The van der Waals surface area contributed by atoms with Crippen molar-refractivity contribution in [2.24, 2.45) is 0 Å². The van der Waals surface area contributed by atoms with Crippen molar-refractivity contribution in [3.05, 3.63) is 18.0 Å². The van der Waals surface area contributed by atoms with Crippen molar-refractivity contribution in [3.8, 4) is 0 Å². The van der Waals surface area contributed by atoms with E-state index < -0.39 is 15.9 Å². The predicted octanol–water partition coefficient (Wildman–Crippen LogP) is 0.371. The lowest BCUT2D eigenvalue weighted by atomic mass is 10.2. The lowest BCUT2D eigenvalue weighted by molar-refractivity contribution is 0.199. The van der Waals surface area contributed by atoms with Crippen molar-refractivity contribution in [1.82, 2.24) is 9.78 Å². The van der Waals surface area contributed by atoms with Crippen LogP contribution in [0.5, 0.6) is 0 Å². The van der Waals surface area contributed by atoms with E-state index in [1.165, 1.54) is 4.68 Å². The number of rotatable bonds is 5. The lowest BCUT2D eigenvalue weighted by Crippen LogP contribution is -2.14.